The van der Waals surface area contributed by atoms with E-state index < -0.39 is 0 Å². The Bertz CT molecular complexity index is 540. The Morgan fingerprint density at radius 1 is 1.15 bits per heavy atom. The van der Waals surface area contributed by atoms with E-state index in [-0.39, 0.29) is 0 Å². The summed E-state index contributed by atoms with van der Waals surface area (Å²) in [5.74, 6) is 0. The molecule has 2 aromatic rings. The molecule has 2 rings (SSSR count). The van der Waals surface area contributed by atoms with E-state index >= 15 is 0 Å². The minimum absolute atomic E-state index is 0.497. The molecule has 1 heterocycles. The molecule has 0 amide bonds. The van der Waals surface area contributed by atoms with Crippen molar-refractivity contribution in [3.8, 4) is 0 Å². The van der Waals surface area contributed by atoms with Crippen molar-refractivity contribution in [3.63, 3.8) is 0 Å². The number of rotatable bonds is 4. The van der Waals surface area contributed by atoms with E-state index in [2.05, 4.69) is 20.8 Å². The highest BCUT2D eigenvalue weighted by molar-refractivity contribution is 7.80. The van der Waals surface area contributed by atoms with Crippen LogP contribution < -0.4 is 10.7 Å². The van der Waals surface area contributed by atoms with Gasteiger partial charge in [0, 0.05) is 18.3 Å². The Hall–Kier alpha value is -2.27. The molecule has 0 aliphatic carbocycles. The molecule has 0 saturated heterocycles. The normalized spacial score (nSPS) is 10.9. The van der Waals surface area contributed by atoms with Crippen LogP contribution in [0.2, 0.25) is 0 Å². The number of nitrogens with zero attached hydrogens (tertiary/aromatic N) is 2. The number of hydrogen-bond acceptors (Lipinski definition) is 3. The number of hydrazone groups is 1. The third-order valence-corrected chi connectivity index (χ3v) is 2.80. The van der Waals surface area contributed by atoms with Gasteiger partial charge in [-0.25, -0.2) is 0 Å². The number of thiocarbonyl (C=S) groups is 1. The van der Waals surface area contributed by atoms with Crippen molar-refractivity contribution in [2.75, 3.05) is 6.54 Å². The largest absolute Gasteiger partial charge is 0.362 e. The Labute approximate surface area is 123 Å². The molecule has 4 nitrogen and oxygen atoms in total. The van der Waals surface area contributed by atoms with Crippen LogP contribution in [0.1, 0.15) is 18.2 Å². The van der Waals surface area contributed by atoms with Crippen LogP contribution >= 0.6 is 12.2 Å². The maximum atomic E-state index is 5.12. The van der Waals surface area contributed by atoms with Gasteiger partial charge in [0.2, 0.25) is 0 Å². The highest BCUT2D eigenvalue weighted by Crippen LogP contribution is 2.07. The van der Waals surface area contributed by atoms with Crippen molar-refractivity contribution < 1.29 is 0 Å². The SMILES string of the molecule is CCNC(=S)N/N=C(/c1ccccc1)c1ccccn1. The Balaban J connectivity index is 2.30. The van der Waals surface area contributed by atoms with Crippen molar-refractivity contribution in [1.82, 2.24) is 15.7 Å². The Morgan fingerprint density at radius 2 is 1.90 bits per heavy atom. The Kier molecular flexibility index (Phi) is 5.20. The molecule has 0 aliphatic rings. The molecule has 0 bridgehead atoms. The van der Waals surface area contributed by atoms with Gasteiger partial charge >= 0.3 is 0 Å². The first-order valence-electron chi connectivity index (χ1n) is 6.39. The molecule has 1 aromatic carbocycles. The highest BCUT2D eigenvalue weighted by atomic mass is 32.1. The molecule has 5 heteroatoms. The average molecular weight is 284 g/mol. The van der Waals surface area contributed by atoms with Crippen LogP contribution in [-0.4, -0.2) is 22.4 Å². The van der Waals surface area contributed by atoms with Gasteiger partial charge < -0.3 is 5.32 Å². The molecule has 0 atom stereocenters. The van der Waals surface area contributed by atoms with Crippen LogP contribution in [0.5, 0.6) is 0 Å². The summed E-state index contributed by atoms with van der Waals surface area (Å²) in [6, 6.07) is 15.6. The summed E-state index contributed by atoms with van der Waals surface area (Å²) in [6.07, 6.45) is 1.75. The van der Waals surface area contributed by atoms with E-state index in [4.69, 9.17) is 12.2 Å². The fourth-order valence-corrected chi connectivity index (χ4v) is 1.87. The topological polar surface area (TPSA) is 49.3 Å². The first-order chi connectivity index (χ1) is 9.81. The summed E-state index contributed by atoms with van der Waals surface area (Å²) in [5.41, 5.74) is 5.39. The van der Waals surface area contributed by atoms with E-state index in [9.17, 15) is 0 Å². The third kappa shape index (κ3) is 3.86. The van der Waals surface area contributed by atoms with Gasteiger partial charge in [-0.15, -0.1) is 0 Å². The highest BCUT2D eigenvalue weighted by Gasteiger charge is 2.07. The zero-order valence-electron chi connectivity index (χ0n) is 11.2. The minimum Gasteiger partial charge on any atom is -0.362 e. The van der Waals surface area contributed by atoms with Crippen LogP contribution in [0.15, 0.2) is 59.8 Å². The second-order valence-corrected chi connectivity index (χ2v) is 4.42. The lowest BCUT2D eigenvalue weighted by Crippen LogP contribution is -2.32. The molecule has 0 aliphatic heterocycles. The first-order valence-corrected chi connectivity index (χ1v) is 6.80. The van der Waals surface area contributed by atoms with E-state index in [1.165, 1.54) is 0 Å². The zero-order valence-corrected chi connectivity index (χ0v) is 12.0. The summed E-state index contributed by atoms with van der Waals surface area (Å²) >= 11 is 5.12. The predicted octanol–water partition coefficient (Wildman–Crippen LogP) is 2.32. The van der Waals surface area contributed by atoms with Crippen LogP contribution in [0.3, 0.4) is 0 Å². The maximum Gasteiger partial charge on any atom is 0.186 e. The van der Waals surface area contributed by atoms with Gasteiger partial charge in [0.15, 0.2) is 5.11 Å². The van der Waals surface area contributed by atoms with Gasteiger partial charge in [0.05, 0.1) is 5.69 Å². The summed E-state index contributed by atoms with van der Waals surface area (Å²) in [7, 11) is 0. The van der Waals surface area contributed by atoms with Crippen LogP contribution in [0, 0.1) is 0 Å². The average Bonchev–Trinajstić information content (AvgIpc) is 2.50. The maximum absolute atomic E-state index is 5.12. The molecule has 2 N–H and O–H groups in total. The van der Waals surface area contributed by atoms with E-state index in [1.54, 1.807) is 6.20 Å². The first kappa shape index (κ1) is 14.1. The number of benzene rings is 1. The summed E-state index contributed by atoms with van der Waals surface area (Å²) < 4.78 is 0. The smallest absolute Gasteiger partial charge is 0.186 e. The standard InChI is InChI=1S/C15H16N4S/c1-2-16-15(20)19-18-14(12-8-4-3-5-9-12)13-10-6-7-11-17-13/h3-11H,2H2,1H3,(H2,16,19,20)/b18-14-. The van der Waals surface area contributed by atoms with E-state index in [1.807, 2.05) is 55.5 Å². The van der Waals surface area contributed by atoms with Gasteiger partial charge in [0.1, 0.15) is 5.71 Å². The third-order valence-electron chi connectivity index (χ3n) is 2.56. The number of nitrogens with one attached hydrogen (secondary N) is 2. The fourth-order valence-electron chi connectivity index (χ4n) is 1.68. The van der Waals surface area contributed by atoms with Crippen molar-refractivity contribution in [1.29, 1.82) is 0 Å². The molecular weight excluding hydrogens is 268 g/mol. The lowest BCUT2D eigenvalue weighted by molar-refractivity contribution is 0.901. The molecular formula is C15H16N4S. The quantitative estimate of drug-likeness (QED) is 0.514. The number of aromatic nitrogens is 1. The van der Waals surface area contributed by atoms with Crippen molar-refractivity contribution in [3.05, 3.63) is 66.0 Å². The van der Waals surface area contributed by atoms with Gasteiger partial charge in [-0.1, -0.05) is 36.4 Å². The van der Waals surface area contributed by atoms with Gasteiger partial charge in [0.25, 0.3) is 0 Å². The van der Waals surface area contributed by atoms with Crippen LogP contribution in [0.25, 0.3) is 0 Å². The fraction of sp³-hybridized carbons (Fsp3) is 0.133. The number of hydrogen-bond donors (Lipinski definition) is 2. The van der Waals surface area contributed by atoms with Crippen molar-refractivity contribution in [2.45, 2.75) is 6.92 Å². The van der Waals surface area contributed by atoms with Crippen molar-refractivity contribution in [2.24, 2.45) is 5.10 Å². The lowest BCUT2D eigenvalue weighted by Gasteiger charge is -2.08. The van der Waals surface area contributed by atoms with Gasteiger partial charge in [-0.2, -0.15) is 5.10 Å². The second kappa shape index (κ2) is 7.35. The summed E-state index contributed by atoms with van der Waals surface area (Å²) in [4.78, 5) is 4.34. The van der Waals surface area contributed by atoms with Crippen LogP contribution in [-0.2, 0) is 0 Å². The molecule has 1 aromatic heterocycles. The van der Waals surface area contributed by atoms with E-state index in [0.717, 1.165) is 23.5 Å². The summed E-state index contributed by atoms with van der Waals surface area (Å²) in [6.45, 7) is 2.74. The minimum atomic E-state index is 0.497. The van der Waals surface area contributed by atoms with Crippen molar-refractivity contribution >= 4 is 23.0 Å². The zero-order chi connectivity index (χ0) is 14.2. The molecule has 102 valence electrons. The van der Waals surface area contributed by atoms with E-state index in [0.29, 0.717) is 5.11 Å². The van der Waals surface area contributed by atoms with Crippen LogP contribution in [0.4, 0.5) is 0 Å². The molecule has 0 radical (unpaired) electrons. The number of pyridine rings is 1. The summed E-state index contributed by atoms with van der Waals surface area (Å²) in [5, 5.41) is 7.88. The Morgan fingerprint density at radius 3 is 2.55 bits per heavy atom. The molecule has 0 fully saturated rings. The molecule has 20 heavy (non-hydrogen) atoms. The molecule has 0 spiro atoms. The molecule has 0 saturated carbocycles. The second-order valence-electron chi connectivity index (χ2n) is 4.01. The molecule has 0 unspecified atom stereocenters. The predicted molar refractivity (Wildman–Crippen MR) is 85.7 cm³/mol. The van der Waals surface area contributed by atoms with Gasteiger partial charge in [-0.3, -0.25) is 10.4 Å². The monoisotopic (exact) mass is 284 g/mol. The van der Waals surface area contributed by atoms with Gasteiger partial charge in [-0.05, 0) is 31.3 Å². The lowest BCUT2D eigenvalue weighted by atomic mass is 10.1.